The Kier molecular flexibility index (Phi) is 4.67. The van der Waals surface area contributed by atoms with Gasteiger partial charge in [-0.3, -0.25) is 0 Å². The summed E-state index contributed by atoms with van der Waals surface area (Å²) >= 11 is 0. The molecule has 6 aliphatic rings. The first-order valence-electron chi connectivity index (χ1n) is 16.3. The third-order valence-corrected chi connectivity index (χ3v) is 12.7. The van der Waals surface area contributed by atoms with Crippen LogP contribution in [-0.4, -0.2) is 18.3 Å². The Bertz CT molecular complexity index is 1980. The number of benzene rings is 4. The molecule has 214 valence electrons. The summed E-state index contributed by atoms with van der Waals surface area (Å²) in [5.74, 6) is 3.48. The maximum absolute atomic E-state index is 6.50. The van der Waals surface area contributed by atoms with Gasteiger partial charge in [-0.1, -0.05) is 60.7 Å². The first-order valence-corrected chi connectivity index (χ1v) is 16.3. The van der Waals surface area contributed by atoms with E-state index < -0.39 is 7.12 Å². The molecule has 1 aromatic heterocycles. The van der Waals surface area contributed by atoms with Crippen LogP contribution in [-0.2, 0) is 14.7 Å². The second-order valence-electron chi connectivity index (χ2n) is 15.2. The van der Waals surface area contributed by atoms with Gasteiger partial charge in [-0.05, 0) is 134 Å². The van der Waals surface area contributed by atoms with E-state index in [1.54, 1.807) is 11.1 Å². The Labute approximate surface area is 253 Å². The highest BCUT2D eigenvalue weighted by molar-refractivity contribution is 6.62. The molecule has 0 radical (unpaired) electrons. The van der Waals surface area contributed by atoms with E-state index >= 15 is 0 Å². The van der Waals surface area contributed by atoms with Gasteiger partial charge in [0, 0.05) is 16.2 Å². The zero-order valence-electron chi connectivity index (χ0n) is 25.4. The lowest BCUT2D eigenvalue weighted by atomic mass is 9.59. The molecule has 5 atom stereocenters. The average molecular weight is 565 g/mol. The Balaban J connectivity index is 1.11. The van der Waals surface area contributed by atoms with Gasteiger partial charge in [-0.25, -0.2) is 0 Å². The largest absolute Gasteiger partial charge is 0.494 e. The van der Waals surface area contributed by atoms with Crippen molar-refractivity contribution in [1.82, 2.24) is 0 Å². The van der Waals surface area contributed by atoms with Crippen molar-refractivity contribution >= 4 is 34.5 Å². The highest BCUT2D eigenvalue weighted by Crippen LogP contribution is 2.73. The van der Waals surface area contributed by atoms with Crippen LogP contribution in [0.15, 0.2) is 83.3 Å². The van der Waals surface area contributed by atoms with Crippen LogP contribution in [0.4, 0.5) is 0 Å². The molecule has 4 aromatic carbocycles. The summed E-state index contributed by atoms with van der Waals surface area (Å²) in [6, 6.07) is 29.7. The van der Waals surface area contributed by atoms with E-state index in [2.05, 4.69) is 107 Å². The van der Waals surface area contributed by atoms with Crippen LogP contribution < -0.4 is 5.46 Å². The molecule has 0 N–H and O–H groups in total. The minimum atomic E-state index is -0.410. The maximum Gasteiger partial charge on any atom is 0.494 e. The smallest absolute Gasteiger partial charge is 0.456 e. The van der Waals surface area contributed by atoms with Gasteiger partial charge in [-0.2, -0.15) is 0 Å². The molecule has 5 aliphatic carbocycles. The van der Waals surface area contributed by atoms with Crippen LogP contribution in [0.2, 0.25) is 0 Å². The van der Waals surface area contributed by atoms with Crippen LogP contribution >= 0.6 is 0 Å². The molecule has 0 amide bonds. The van der Waals surface area contributed by atoms with Crippen molar-refractivity contribution in [2.75, 3.05) is 0 Å². The fourth-order valence-corrected chi connectivity index (χ4v) is 10.4. The van der Waals surface area contributed by atoms with Gasteiger partial charge >= 0.3 is 7.12 Å². The number of furan rings is 1. The van der Waals surface area contributed by atoms with Gasteiger partial charge in [-0.15, -0.1) is 0 Å². The van der Waals surface area contributed by atoms with Crippen molar-refractivity contribution in [3.63, 3.8) is 0 Å². The maximum atomic E-state index is 6.50. The summed E-state index contributed by atoms with van der Waals surface area (Å²) in [7, 11) is -0.410. The van der Waals surface area contributed by atoms with E-state index in [0.29, 0.717) is 0 Å². The number of fused-ring (bicyclic) bond motifs is 6. The SMILES string of the molecule is CC1(C)OB(c2ccc3c(c2)oc2cccc(-c4ccc5c(c4)-c4ccccc4C54C5CC6CC(C5)C4C6)c23)OC1(C)C. The lowest BCUT2D eigenvalue weighted by Gasteiger charge is -2.43. The molecule has 4 saturated carbocycles. The van der Waals surface area contributed by atoms with Crippen molar-refractivity contribution in [3.8, 4) is 22.3 Å². The fraction of sp³-hybridized carbons (Fsp3) is 0.385. The minimum absolute atomic E-state index is 0.223. The molecule has 3 nitrogen and oxygen atoms in total. The monoisotopic (exact) mass is 564 g/mol. The quantitative estimate of drug-likeness (QED) is 0.201. The fourth-order valence-electron chi connectivity index (χ4n) is 10.4. The summed E-state index contributed by atoms with van der Waals surface area (Å²) < 4.78 is 19.2. The third-order valence-electron chi connectivity index (χ3n) is 12.7. The van der Waals surface area contributed by atoms with Crippen molar-refractivity contribution < 1.29 is 13.7 Å². The second-order valence-corrected chi connectivity index (χ2v) is 15.2. The zero-order chi connectivity index (χ0) is 28.9. The molecule has 1 aliphatic heterocycles. The molecule has 5 fully saturated rings. The molecule has 4 bridgehead atoms. The number of hydrogen-bond acceptors (Lipinski definition) is 3. The predicted octanol–water partition coefficient (Wildman–Crippen LogP) is 8.88. The summed E-state index contributed by atoms with van der Waals surface area (Å²) in [6.07, 6.45) is 5.72. The summed E-state index contributed by atoms with van der Waals surface area (Å²) in [5, 5.41) is 2.31. The second kappa shape index (κ2) is 8.03. The van der Waals surface area contributed by atoms with E-state index in [1.165, 1.54) is 53.3 Å². The molecule has 5 unspecified atom stereocenters. The molecule has 1 spiro atoms. The molecule has 11 rings (SSSR count). The minimum Gasteiger partial charge on any atom is -0.456 e. The topological polar surface area (TPSA) is 31.6 Å². The van der Waals surface area contributed by atoms with Gasteiger partial charge in [0.1, 0.15) is 11.2 Å². The Morgan fingerprint density at radius 1 is 0.674 bits per heavy atom. The van der Waals surface area contributed by atoms with Crippen molar-refractivity contribution in [1.29, 1.82) is 0 Å². The van der Waals surface area contributed by atoms with Crippen LogP contribution in [0.5, 0.6) is 0 Å². The highest BCUT2D eigenvalue weighted by Gasteiger charge is 2.65. The average Bonchev–Trinajstić information content (AvgIpc) is 3.72. The Morgan fingerprint density at radius 3 is 2.30 bits per heavy atom. The molecular weight excluding hydrogens is 527 g/mol. The van der Waals surface area contributed by atoms with E-state index in [9.17, 15) is 0 Å². The van der Waals surface area contributed by atoms with Crippen LogP contribution in [0, 0.1) is 23.7 Å². The first kappa shape index (κ1) is 25.0. The van der Waals surface area contributed by atoms with Crippen molar-refractivity contribution in [3.05, 3.63) is 90.0 Å². The van der Waals surface area contributed by atoms with Gasteiger partial charge in [0.25, 0.3) is 0 Å². The molecule has 2 heterocycles. The van der Waals surface area contributed by atoms with Crippen LogP contribution in [0.1, 0.15) is 64.5 Å². The van der Waals surface area contributed by atoms with Gasteiger partial charge < -0.3 is 13.7 Å². The summed E-state index contributed by atoms with van der Waals surface area (Å²) in [4.78, 5) is 0. The van der Waals surface area contributed by atoms with E-state index in [1.807, 2.05) is 0 Å². The van der Waals surface area contributed by atoms with Gasteiger partial charge in [0.2, 0.25) is 0 Å². The van der Waals surface area contributed by atoms with Gasteiger partial charge in [0.05, 0.1) is 11.2 Å². The lowest BCUT2D eigenvalue weighted by molar-refractivity contribution is 0.00578. The Morgan fingerprint density at radius 2 is 1.47 bits per heavy atom. The lowest BCUT2D eigenvalue weighted by Crippen LogP contribution is -2.41. The zero-order valence-corrected chi connectivity index (χ0v) is 25.4. The normalized spacial score (nSPS) is 30.7. The molecule has 1 saturated heterocycles. The van der Waals surface area contributed by atoms with Gasteiger partial charge in [0.15, 0.2) is 0 Å². The van der Waals surface area contributed by atoms with E-state index in [0.717, 1.165) is 45.7 Å². The number of hydrogen-bond donors (Lipinski definition) is 0. The van der Waals surface area contributed by atoms with Crippen LogP contribution in [0.3, 0.4) is 0 Å². The van der Waals surface area contributed by atoms with E-state index in [-0.39, 0.29) is 16.6 Å². The van der Waals surface area contributed by atoms with Crippen molar-refractivity contribution in [2.45, 2.75) is 70.0 Å². The predicted molar refractivity (Wildman–Crippen MR) is 174 cm³/mol. The Hall–Kier alpha value is -3.34. The standard InChI is InChI=1S/C39H37BO3/c1-37(2)38(3,4)43-40(42-37)26-13-14-29-35(21-26)41-34-11-7-9-27(36(29)34)23-12-15-32-30(20-23)28-8-5-6-10-31(28)39(32)25-17-22-16-24(19-25)33(39)18-22/h5-15,20-22,24-25,33H,16-19H2,1-4H3. The molecule has 5 aromatic rings. The molecule has 4 heteroatoms. The summed E-state index contributed by atoms with van der Waals surface area (Å²) in [5.41, 5.74) is 10.9. The number of rotatable bonds is 2. The van der Waals surface area contributed by atoms with E-state index in [4.69, 9.17) is 13.7 Å². The molecular formula is C39H37BO3. The third kappa shape index (κ3) is 3.04. The summed E-state index contributed by atoms with van der Waals surface area (Å²) in [6.45, 7) is 8.38. The van der Waals surface area contributed by atoms with Crippen LogP contribution in [0.25, 0.3) is 44.2 Å². The molecule has 43 heavy (non-hydrogen) atoms. The first-order chi connectivity index (χ1) is 20.7. The van der Waals surface area contributed by atoms with Crippen molar-refractivity contribution in [2.24, 2.45) is 23.7 Å². The highest BCUT2D eigenvalue weighted by atomic mass is 16.7.